The van der Waals surface area contributed by atoms with Crippen molar-refractivity contribution in [1.29, 1.82) is 0 Å². The highest BCUT2D eigenvalue weighted by Crippen LogP contribution is 2.28. The van der Waals surface area contributed by atoms with E-state index in [1.807, 2.05) is 18.2 Å². The smallest absolute Gasteiger partial charge is 0.137 e. The maximum absolute atomic E-state index is 10.4. The lowest BCUT2D eigenvalue weighted by molar-refractivity contribution is 0.0169. The first kappa shape index (κ1) is 12.7. The van der Waals surface area contributed by atoms with Crippen LogP contribution in [0.1, 0.15) is 18.4 Å². The van der Waals surface area contributed by atoms with Gasteiger partial charge in [-0.25, -0.2) is 0 Å². The summed E-state index contributed by atoms with van der Waals surface area (Å²) >= 11 is 6.07. The highest BCUT2D eigenvalue weighted by Gasteiger charge is 2.29. The van der Waals surface area contributed by atoms with Crippen LogP contribution >= 0.6 is 11.6 Å². The lowest BCUT2D eigenvalue weighted by atomic mass is 9.87. The molecule has 1 unspecified atom stereocenters. The van der Waals surface area contributed by atoms with Gasteiger partial charge in [0.15, 0.2) is 0 Å². The maximum Gasteiger partial charge on any atom is 0.137 e. The standard InChI is InChI=1S/C13H18ClNO2/c1-17-12-4-3-10(7-11(12)14)8-13(16)5-2-6-15-9-13/h3-4,7,15-16H,2,5-6,8-9H2,1H3. The second-order valence-electron chi connectivity index (χ2n) is 4.65. The molecule has 94 valence electrons. The van der Waals surface area contributed by atoms with Crippen LogP contribution in [0, 0.1) is 0 Å². The lowest BCUT2D eigenvalue weighted by Gasteiger charge is -2.32. The second-order valence-corrected chi connectivity index (χ2v) is 5.06. The summed E-state index contributed by atoms with van der Waals surface area (Å²) in [6, 6.07) is 5.67. The van der Waals surface area contributed by atoms with Crippen molar-refractivity contribution in [3.05, 3.63) is 28.8 Å². The first-order valence-corrected chi connectivity index (χ1v) is 6.26. The molecule has 0 bridgehead atoms. The van der Waals surface area contributed by atoms with Crippen molar-refractivity contribution < 1.29 is 9.84 Å². The Hall–Kier alpha value is -0.770. The molecular weight excluding hydrogens is 238 g/mol. The van der Waals surface area contributed by atoms with Gasteiger partial charge < -0.3 is 15.2 Å². The van der Waals surface area contributed by atoms with Crippen molar-refractivity contribution in [2.24, 2.45) is 0 Å². The summed E-state index contributed by atoms with van der Waals surface area (Å²) in [5.74, 6) is 0.671. The van der Waals surface area contributed by atoms with Crippen LogP contribution in [0.5, 0.6) is 5.75 Å². The van der Waals surface area contributed by atoms with Gasteiger partial charge in [0.25, 0.3) is 0 Å². The van der Waals surface area contributed by atoms with E-state index >= 15 is 0 Å². The van der Waals surface area contributed by atoms with Crippen molar-refractivity contribution in [2.75, 3.05) is 20.2 Å². The fraction of sp³-hybridized carbons (Fsp3) is 0.538. The average Bonchev–Trinajstić information content (AvgIpc) is 2.29. The van der Waals surface area contributed by atoms with E-state index in [1.165, 1.54) is 0 Å². The van der Waals surface area contributed by atoms with E-state index in [-0.39, 0.29) is 0 Å². The largest absolute Gasteiger partial charge is 0.495 e. The zero-order valence-corrected chi connectivity index (χ0v) is 10.8. The molecule has 0 aliphatic carbocycles. The highest BCUT2D eigenvalue weighted by molar-refractivity contribution is 6.32. The van der Waals surface area contributed by atoms with Crippen LogP contribution in [-0.4, -0.2) is 30.9 Å². The Morgan fingerprint density at radius 2 is 2.35 bits per heavy atom. The molecule has 3 nitrogen and oxygen atoms in total. The predicted molar refractivity (Wildman–Crippen MR) is 68.8 cm³/mol. The Balaban J connectivity index is 2.10. The van der Waals surface area contributed by atoms with Crippen molar-refractivity contribution in [3.8, 4) is 5.75 Å². The van der Waals surface area contributed by atoms with Crippen molar-refractivity contribution in [1.82, 2.24) is 5.32 Å². The number of hydrogen-bond donors (Lipinski definition) is 2. The lowest BCUT2D eigenvalue weighted by Crippen LogP contribution is -2.47. The number of halogens is 1. The molecule has 1 aromatic rings. The number of β-amino-alcohol motifs (C(OH)–C–C–N with tert-alkyl or cyclic N) is 1. The first-order valence-electron chi connectivity index (χ1n) is 5.88. The van der Waals surface area contributed by atoms with Gasteiger partial charge >= 0.3 is 0 Å². The van der Waals surface area contributed by atoms with E-state index in [0.29, 0.717) is 23.7 Å². The van der Waals surface area contributed by atoms with Crippen LogP contribution in [0.25, 0.3) is 0 Å². The fourth-order valence-electron chi connectivity index (χ4n) is 2.30. The monoisotopic (exact) mass is 255 g/mol. The predicted octanol–water partition coefficient (Wildman–Crippen LogP) is 2.01. The maximum atomic E-state index is 10.4. The Morgan fingerprint density at radius 3 is 2.94 bits per heavy atom. The summed E-state index contributed by atoms with van der Waals surface area (Å²) in [4.78, 5) is 0. The number of benzene rings is 1. The van der Waals surface area contributed by atoms with Gasteiger partial charge in [-0.2, -0.15) is 0 Å². The first-order chi connectivity index (χ1) is 8.13. The summed E-state index contributed by atoms with van der Waals surface area (Å²) < 4.78 is 5.11. The number of nitrogens with one attached hydrogen (secondary N) is 1. The third kappa shape index (κ3) is 3.12. The summed E-state index contributed by atoms with van der Waals surface area (Å²) in [5, 5.41) is 14.2. The van der Waals surface area contributed by atoms with E-state index in [0.717, 1.165) is 24.9 Å². The molecule has 17 heavy (non-hydrogen) atoms. The number of hydrogen-bond acceptors (Lipinski definition) is 3. The molecule has 0 aromatic heterocycles. The minimum absolute atomic E-state index is 0.595. The normalized spacial score (nSPS) is 24.6. The Morgan fingerprint density at radius 1 is 1.53 bits per heavy atom. The minimum Gasteiger partial charge on any atom is -0.495 e. The Labute approximate surface area is 107 Å². The van der Waals surface area contributed by atoms with Crippen LogP contribution in [0.4, 0.5) is 0 Å². The van der Waals surface area contributed by atoms with Crippen molar-refractivity contribution in [3.63, 3.8) is 0 Å². The van der Waals surface area contributed by atoms with Gasteiger partial charge in [0.05, 0.1) is 17.7 Å². The molecule has 2 N–H and O–H groups in total. The molecule has 0 saturated carbocycles. The van der Waals surface area contributed by atoms with Gasteiger partial charge in [-0.1, -0.05) is 17.7 Å². The molecule has 0 spiro atoms. The number of ether oxygens (including phenoxy) is 1. The average molecular weight is 256 g/mol. The molecule has 2 rings (SSSR count). The highest BCUT2D eigenvalue weighted by atomic mass is 35.5. The summed E-state index contributed by atoms with van der Waals surface area (Å²) in [6.45, 7) is 1.64. The van der Waals surface area contributed by atoms with Gasteiger partial charge in [-0.15, -0.1) is 0 Å². The van der Waals surface area contributed by atoms with Crippen LogP contribution in [-0.2, 0) is 6.42 Å². The minimum atomic E-state index is -0.643. The van der Waals surface area contributed by atoms with Gasteiger partial charge in [-0.05, 0) is 37.1 Å². The molecule has 1 aromatic carbocycles. The van der Waals surface area contributed by atoms with Gasteiger partial charge in [0.2, 0.25) is 0 Å². The zero-order chi connectivity index (χ0) is 12.3. The fourth-order valence-corrected chi connectivity index (χ4v) is 2.58. The molecule has 0 amide bonds. The molecule has 1 fully saturated rings. The summed E-state index contributed by atoms with van der Waals surface area (Å²) in [6.07, 6.45) is 2.48. The van der Waals surface area contributed by atoms with Gasteiger partial charge in [0.1, 0.15) is 5.75 Å². The molecular formula is C13H18ClNO2. The summed E-state index contributed by atoms with van der Waals surface area (Å²) in [7, 11) is 1.60. The topological polar surface area (TPSA) is 41.5 Å². The molecule has 1 atom stereocenters. The number of aliphatic hydroxyl groups is 1. The second kappa shape index (κ2) is 5.25. The Bertz CT molecular complexity index is 389. The van der Waals surface area contributed by atoms with E-state index in [1.54, 1.807) is 7.11 Å². The van der Waals surface area contributed by atoms with Crippen LogP contribution in [0.15, 0.2) is 18.2 Å². The quantitative estimate of drug-likeness (QED) is 0.868. The van der Waals surface area contributed by atoms with Crippen LogP contribution in [0.3, 0.4) is 0 Å². The van der Waals surface area contributed by atoms with E-state index in [9.17, 15) is 5.11 Å². The van der Waals surface area contributed by atoms with E-state index in [4.69, 9.17) is 16.3 Å². The molecule has 1 heterocycles. The number of rotatable bonds is 3. The Kier molecular flexibility index (Phi) is 3.92. The van der Waals surface area contributed by atoms with E-state index in [2.05, 4.69) is 5.32 Å². The summed E-state index contributed by atoms with van der Waals surface area (Å²) in [5.41, 5.74) is 0.401. The number of methoxy groups -OCH3 is 1. The van der Waals surface area contributed by atoms with Crippen LogP contribution < -0.4 is 10.1 Å². The van der Waals surface area contributed by atoms with E-state index < -0.39 is 5.60 Å². The third-order valence-electron chi connectivity index (χ3n) is 3.20. The van der Waals surface area contributed by atoms with Gasteiger partial charge in [0, 0.05) is 13.0 Å². The zero-order valence-electron chi connectivity index (χ0n) is 10.0. The third-order valence-corrected chi connectivity index (χ3v) is 3.49. The molecule has 4 heteroatoms. The van der Waals surface area contributed by atoms with Crippen molar-refractivity contribution in [2.45, 2.75) is 24.9 Å². The molecule has 1 saturated heterocycles. The molecule has 1 aliphatic heterocycles. The number of piperidine rings is 1. The molecule has 1 aliphatic rings. The molecule has 0 radical (unpaired) electrons. The van der Waals surface area contributed by atoms with Crippen molar-refractivity contribution >= 4 is 11.6 Å². The van der Waals surface area contributed by atoms with Gasteiger partial charge in [-0.3, -0.25) is 0 Å². The SMILES string of the molecule is COc1ccc(CC2(O)CCCNC2)cc1Cl. The van der Waals surface area contributed by atoms with Crippen LogP contribution in [0.2, 0.25) is 5.02 Å².